The first kappa shape index (κ1) is 21.6. The van der Waals surface area contributed by atoms with Crippen molar-refractivity contribution in [1.29, 1.82) is 0 Å². The molecule has 0 radical (unpaired) electrons. The van der Waals surface area contributed by atoms with Crippen LogP contribution in [-0.2, 0) is 4.79 Å². The Labute approximate surface area is 190 Å². The summed E-state index contributed by atoms with van der Waals surface area (Å²) in [7, 11) is 0. The molecule has 1 atom stereocenters. The van der Waals surface area contributed by atoms with Crippen LogP contribution in [0.1, 0.15) is 27.9 Å². The minimum Gasteiger partial charge on any atom is -0.508 e. The number of phenols is 2. The lowest BCUT2D eigenvalue weighted by molar-refractivity contribution is -0.116. The van der Waals surface area contributed by atoms with E-state index in [9.17, 15) is 19.8 Å². The maximum atomic E-state index is 13.3. The lowest BCUT2D eigenvalue weighted by atomic mass is 9.99. The van der Waals surface area contributed by atoms with Crippen molar-refractivity contribution in [2.24, 2.45) is 4.99 Å². The first-order valence-corrected chi connectivity index (χ1v) is 11.0. The quantitative estimate of drug-likeness (QED) is 0.531. The predicted molar refractivity (Wildman–Crippen MR) is 127 cm³/mol. The Morgan fingerprint density at radius 2 is 1.59 bits per heavy atom. The summed E-state index contributed by atoms with van der Waals surface area (Å²) in [4.78, 5) is 32.4. The number of carbonyl (C=O) groups excluding carboxylic acids is 2. The van der Waals surface area contributed by atoms with Gasteiger partial charge in [-0.05, 0) is 74.0 Å². The summed E-state index contributed by atoms with van der Waals surface area (Å²) < 4.78 is 0. The van der Waals surface area contributed by atoms with Crippen molar-refractivity contribution in [2.45, 2.75) is 25.5 Å². The zero-order chi connectivity index (χ0) is 22.8. The number of hydrogen-bond donors (Lipinski definition) is 2. The van der Waals surface area contributed by atoms with Crippen LogP contribution in [0.15, 0.2) is 71.7 Å². The van der Waals surface area contributed by atoms with E-state index in [1.54, 1.807) is 24.3 Å². The second-order valence-corrected chi connectivity index (χ2v) is 8.82. The van der Waals surface area contributed by atoms with Crippen molar-refractivity contribution < 1.29 is 19.8 Å². The van der Waals surface area contributed by atoms with Crippen molar-refractivity contribution in [3.63, 3.8) is 0 Å². The standard InChI is InChI=1S/C25H22N2O4S/c1-15-3-4-16(2)21(13-15)22(30)14-23-24(31)27(18-7-11-20(29)12-8-18)25(32-23)26-17-5-9-19(28)10-6-17/h3-13,23,28-29H,14H2,1-2H3. The molecule has 0 aromatic heterocycles. The third kappa shape index (κ3) is 4.53. The molecule has 1 aliphatic heterocycles. The Morgan fingerprint density at radius 3 is 2.25 bits per heavy atom. The monoisotopic (exact) mass is 446 g/mol. The number of aliphatic imine (C=N–C) groups is 1. The van der Waals surface area contributed by atoms with E-state index in [2.05, 4.69) is 4.99 Å². The number of nitrogens with zero attached hydrogens (tertiary/aromatic N) is 2. The molecule has 0 spiro atoms. The average Bonchev–Trinajstić information content (AvgIpc) is 3.06. The molecule has 0 bridgehead atoms. The minimum absolute atomic E-state index is 0.0526. The second-order valence-electron chi connectivity index (χ2n) is 7.65. The molecule has 1 aliphatic rings. The van der Waals surface area contributed by atoms with Crippen LogP contribution in [0.25, 0.3) is 0 Å². The van der Waals surface area contributed by atoms with E-state index in [1.165, 1.54) is 40.9 Å². The summed E-state index contributed by atoms with van der Waals surface area (Å²) in [6.07, 6.45) is 0.0526. The van der Waals surface area contributed by atoms with Gasteiger partial charge < -0.3 is 10.2 Å². The highest BCUT2D eigenvalue weighted by molar-refractivity contribution is 8.16. The molecule has 0 aliphatic carbocycles. The van der Waals surface area contributed by atoms with Crippen molar-refractivity contribution in [3.8, 4) is 11.5 Å². The number of amides is 1. The van der Waals surface area contributed by atoms with Crippen LogP contribution in [0, 0.1) is 13.8 Å². The van der Waals surface area contributed by atoms with E-state index < -0.39 is 5.25 Å². The molecule has 1 heterocycles. The molecular formula is C25H22N2O4S. The largest absolute Gasteiger partial charge is 0.508 e. The molecule has 3 aromatic carbocycles. The van der Waals surface area contributed by atoms with Gasteiger partial charge in [-0.15, -0.1) is 0 Å². The molecule has 1 saturated heterocycles. The molecular weight excluding hydrogens is 424 g/mol. The number of Topliss-reactive ketones (excluding diaryl/α,β-unsaturated/α-hetero) is 1. The first-order chi connectivity index (χ1) is 15.3. The van der Waals surface area contributed by atoms with Gasteiger partial charge >= 0.3 is 0 Å². The van der Waals surface area contributed by atoms with E-state index in [4.69, 9.17) is 0 Å². The van der Waals surface area contributed by atoms with Crippen LogP contribution >= 0.6 is 11.8 Å². The molecule has 1 unspecified atom stereocenters. The average molecular weight is 447 g/mol. The number of anilines is 1. The van der Waals surface area contributed by atoms with E-state index >= 15 is 0 Å². The van der Waals surface area contributed by atoms with Gasteiger partial charge in [-0.3, -0.25) is 14.5 Å². The van der Waals surface area contributed by atoms with Crippen molar-refractivity contribution in [2.75, 3.05) is 4.90 Å². The van der Waals surface area contributed by atoms with Crippen LogP contribution in [-0.4, -0.2) is 32.3 Å². The summed E-state index contributed by atoms with van der Waals surface area (Å²) >= 11 is 1.24. The molecule has 2 N–H and O–H groups in total. The van der Waals surface area contributed by atoms with Crippen LogP contribution in [0.2, 0.25) is 0 Å². The van der Waals surface area contributed by atoms with Gasteiger partial charge in [0.15, 0.2) is 11.0 Å². The third-order valence-corrected chi connectivity index (χ3v) is 6.32. The highest BCUT2D eigenvalue weighted by Crippen LogP contribution is 2.36. The van der Waals surface area contributed by atoms with Crippen molar-refractivity contribution in [1.82, 2.24) is 0 Å². The van der Waals surface area contributed by atoms with E-state index in [0.717, 1.165) is 11.1 Å². The lowest BCUT2D eigenvalue weighted by Crippen LogP contribution is -2.32. The fourth-order valence-corrected chi connectivity index (χ4v) is 4.62. The highest BCUT2D eigenvalue weighted by Gasteiger charge is 2.40. The summed E-state index contributed by atoms with van der Waals surface area (Å²) in [5.74, 6) is -0.117. The summed E-state index contributed by atoms with van der Waals surface area (Å²) in [6, 6.07) is 18.3. The van der Waals surface area contributed by atoms with Crippen molar-refractivity contribution in [3.05, 3.63) is 83.4 Å². The number of amidine groups is 1. The molecule has 1 amide bonds. The number of aromatic hydroxyl groups is 2. The molecule has 6 nitrogen and oxygen atoms in total. The number of thioether (sulfide) groups is 1. The summed E-state index contributed by atoms with van der Waals surface area (Å²) in [6.45, 7) is 3.82. The second kappa shape index (κ2) is 8.88. The third-order valence-electron chi connectivity index (χ3n) is 5.18. The summed E-state index contributed by atoms with van der Waals surface area (Å²) in [5, 5.41) is 19.0. The van der Waals surface area contributed by atoms with Gasteiger partial charge in [-0.1, -0.05) is 29.5 Å². The maximum Gasteiger partial charge on any atom is 0.247 e. The van der Waals surface area contributed by atoms with E-state index in [-0.39, 0.29) is 29.6 Å². The molecule has 32 heavy (non-hydrogen) atoms. The number of rotatable bonds is 5. The smallest absolute Gasteiger partial charge is 0.247 e. The number of phenolic OH excluding ortho intramolecular Hbond substituents is 2. The fraction of sp³-hybridized carbons (Fsp3) is 0.160. The SMILES string of the molecule is Cc1ccc(C)c(C(=O)CC2SC(=Nc3ccc(O)cc3)N(c3ccc(O)cc3)C2=O)c1. The zero-order valence-electron chi connectivity index (χ0n) is 17.6. The molecule has 4 rings (SSSR count). The number of carbonyl (C=O) groups is 2. The molecule has 162 valence electrons. The Bertz CT molecular complexity index is 1200. The number of ketones is 1. The zero-order valence-corrected chi connectivity index (χ0v) is 18.5. The molecule has 7 heteroatoms. The van der Waals surface area contributed by atoms with Crippen molar-refractivity contribution >= 4 is 40.0 Å². The van der Waals surface area contributed by atoms with Crippen LogP contribution in [0.3, 0.4) is 0 Å². The molecule has 3 aromatic rings. The van der Waals surface area contributed by atoms with Crippen LogP contribution in [0.5, 0.6) is 11.5 Å². The number of benzene rings is 3. The van der Waals surface area contributed by atoms with Gasteiger partial charge in [0.05, 0.1) is 16.6 Å². The van der Waals surface area contributed by atoms with Crippen LogP contribution < -0.4 is 4.90 Å². The normalized spacial score (nSPS) is 17.2. The maximum absolute atomic E-state index is 13.3. The molecule has 1 fully saturated rings. The Hall–Kier alpha value is -3.58. The van der Waals surface area contributed by atoms with Gasteiger partial charge in [-0.2, -0.15) is 0 Å². The van der Waals surface area contributed by atoms with Gasteiger partial charge in [0.25, 0.3) is 0 Å². The van der Waals surface area contributed by atoms with E-state index in [0.29, 0.717) is 22.1 Å². The Morgan fingerprint density at radius 1 is 0.969 bits per heavy atom. The number of aryl methyl sites for hydroxylation is 2. The highest BCUT2D eigenvalue weighted by atomic mass is 32.2. The fourth-order valence-electron chi connectivity index (χ4n) is 3.47. The first-order valence-electron chi connectivity index (χ1n) is 10.1. The molecule has 0 saturated carbocycles. The Kier molecular flexibility index (Phi) is 6.01. The van der Waals surface area contributed by atoms with Gasteiger partial charge in [0, 0.05) is 12.0 Å². The minimum atomic E-state index is -0.618. The van der Waals surface area contributed by atoms with Gasteiger partial charge in [0.1, 0.15) is 11.5 Å². The Balaban J connectivity index is 1.67. The summed E-state index contributed by atoms with van der Waals surface area (Å²) in [5.41, 5.74) is 3.62. The van der Waals surface area contributed by atoms with Gasteiger partial charge in [0.2, 0.25) is 5.91 Å². The predicted octanol–water partition coefficient (Wildman–Crippen LogP) is 5.12. The van der Waals surface area contributed by atoms with Crippen LogP contribution in [0.4, 0.5) is 11.4 Å². The lowest BCUT2D eigenvalue weighted by Gasteiger charge is -2.16. The number of hydrogen-bond acceptors (Lipinski definition) is 6. The van der Waals surface area contributed by atoms with Gasteiger partial charge in [-0.25, -0.2) is 4.99 Å². The van der Waals surface area contributed by atoms with E-state index in [1.807, 2.05) is 32.0 Å². The topological polar surface area (TPSA) is 90.2 Å².